The first-order valence-corrected chi connectivity index (χ1v) is 7.61. The van der Waals surface area contributed by atoms with E-state index in [4.69, 9.17) is 5.26 Å². The van der Waals surface area contributed by atoms with Gasteiger partial charge in [0.1, 0.15) is 11.9 Å². The van der Waals surface area contributed by atoms with E-state index >= 15 is 0 Å². The molecule has 0 aromatic heterocycles. The van der Waals surface area contributed by atoms with E-state index in [0.717, 1.165) is 25.7 Å². The minimum atomic E-state index is -0.498. The van der Waals surface area contributed by atoms with Crippen molar-refractivity contribution in [3.8, 4) is 6.07 Å². The maximum Gasteiger partial charge on any atom is 0.222 e. The molecule has 4 heteroatoms. The van der Waals surface area contributed by atoms with Gasteiger partial charge in [0, 0.05) is 25.1 Å². The van der Waals surface area contributed by atoms with E-state index in [0.29, 0.717) is 24.4 Å². The van der Waals surface area contributed by atoms with Crippen molar-refractivity contribution in [2.24, 2.45) is 5.92 Å². The van der Waals surface area contributed by atoms with Gasteiger partial charge in [-0.1, -0.05) is 31.9 Å². The number of hydrogen-bond acceptors (Lipinski definition) is 2. The largest absolute Gasteiger partial charge is 0.338 e. The monoisotopic (exact) mass is 288 g/mol. The molecule has 0 saturated carbocycles. The normalized spacial score (nSPS) is 19.2. The highest BCUT2D eigenvalue weighted by atomic mass is 19.1. The van der Waals surface area contributed by atoms with Crippen LogP contribution in [0.2, 0.25) is 0 Å². The Hall–Kier alpha value is -1.89. The first-order chi connectivity index (χ1) is 10.2. The van der Waals surface area contributed by atoms with Gasteiger partial charge in [-0.3, -0.25) is 4.79 Å². The fourth-order valence-electron chi connectivity index (χ4n) is 2.95. The van der Waals surface area contributed by atoms with Crippen LogP contribution in [0.5, 0.6) is 0 Å². The summed E-state index contributed by atoms with van der Waals surface area (Å²) >= 11 is 0. The Morgan fingerprint density at radius 1 is 1.43 bits per heavy atom. The van der Waals surface area contributed by atoms with Gasteiger partial charge in [0.15, 0.2) is 0 Å². The molecule has 1 fully saturated rings. The Morgan fingerprint density at radius 2 is 2.24 bits per heavy atom. The Morgan fingerprint density at radius 3 is 2.95 bits per heavy atom. The Balaban J connectivity index is 2.09. The summed E-state index contributed by atoms with van der Waals surface area (Å²) in [7, 11) is 0. The number of amides is 1. The number of carbonyl (C=O) groups is 1. The molecule has 21 heavy (non-hydrogen) atoms. The molecule has 0 N–H and O–H groups in total. The van der Waals surface area contributed by atoms with E-state index in [1.54, 1.807) is 17.0 Å². The first-order valence-electron chi connectivity index (χ1n) is 7.61. The van der Waals surface area contributed by atoms with Crippen molar-refractivity contribution in [2.75, 3.05) is 6.54 Å². The second-order valence-corrected chi connectivity index (χ2v) is 5.69. The number of nitriles is 1. The molecule has 1 aromatic carbocycles. The second kappa shape index (κ2) is 7.21. The SMILES string of the molecule is CCCC1CCC(=O)N(Cc2cccc(C#N)c2F)CC1. The zero-order valence-corrected chi connectivity index (χ0v) is 12.4. The molecule has 1 aromatic rings. The van der Waals surface area contributed by atoms with Crippen LogP contribution < -0.4 is 0 Å². The van der Waals surface area contributed by atoms with Crippen LogP contribution in [0.3, 0.4) is 0 Å². The lowest BCUT2D eigenvalue weighted by Gasteiger charge is -2.21. The second-order valence-electron chi connectivity index (χ2n) is 5.69. The zero-order valence-electron chi connectivity index (χ0n) is 12.4. The fraction of sp³-hybridized carbons (Fsp3) is 0.529. The first kappa shape index (κ1) is 15.5. The summed E-state index contributed by atoms with van der Waals surface area (Å²) in [6.07, 6.45) is 4.75. The summed E-state index contributed by atoms with van der Waals surface area (Å²) < 4.78 is 14.1. The van der Waals surface area contributed by atoms with Crippen molar-refractivity contribution in [3.05, 3.63) is 35.1 Å². The van der Waals surface area contributed by atoms with Crippen molar-refractivity contribution < 1.29 is 9.18 Å². The van der Waals surface area contributed by atoms with Gasteiger partial charge in [0.05, 0.1) is 5.56 Å². The lowest BCUT2D eigenvalue weighted by atomic mass is 9.96. The number of nitrogens with zero attached hydrogens (tertiary/aromatic N) is 2. The molecule has 3 nitrogen and oxygen atoms in total. The van der Waals surface area contributed by atoms with Crippen LogP contribution >= 0.6 is 0 Å². The van der Waals surface area contributed by atoms with E-state index in [2.05, 4.69) is 6.92 Å². The molecule has 0 spiro atoms. The topological polar surface area (TPSA) is 44.1 Å². The number of carbonyl (C=O) groups excluding carboxylic acids is 1. The third kappa shape index (κ3) is 3.81. The van der Waals surface area contributed by atoms with Crippen molar-refractivity contribution in [3.63, 3.8) is 0 Å². The van der Waals surface area contributed by atoms with Crippen molar-refractivity contribution in [1.29, 1.82) is 5.26 Å². The molecule has 0 radical (unpaired) electrons. The third-order valence-electron chi connectivity index (χ3n) is 4.18. The number of halogens is 1. The summed E-state index contributed by atoms with van der Waals surface area (Å²) in [5, 5.41) is 8.87. The summed E-state index contributed by atoms with van der Waals surface area (Å²) in [5.41, 5.74) is 0.468. The molecule has 0 bridgehead atoms. The van der Waals surface area contributed by atoms with Crippen LogP contribution in [0.15, 0.2) is 18.2 Å². The molecule has 2 rings (SSSR count). The van der Waals surface area contributed by atoms with Crippen molar-refractivity contribution in [2.45, 2.75) is 45.6 Å². The Kier molecular flexibility index (Phi) is 5.32. The van der Waals surface area contributed by atoms with E-state index in [9.17, 15) is 9.18 Å². The maximum atomic E-state index is 14.1. The standard InChI is InChI=1S/C17H21FN2O/c1-2-4-13-7-8-16(21)20(10-9-13)12-15-6-3-5-14(11-19)17(15)18/h3,5-6,13H,2,4,7-10,12H2,1H3. The number of rotatable bonds is 4. The molecule has 0 aliphatic carbocycles. The molecule has 1 aliphatic rings. The van der Waals surface area contributed by atoms with E-state index in [1.807, 2.05) is 6.07 Å². The lowest BCUT2D eigenvalue weighted by molar-refractivity contribution is -0.131. The zero-order chi connectivity index (χ0) is 15.2. The van der Waals surface area contributed by atoms with Crippen molar-refractivity contribution in [1.82, 2.24) is 4.90 Å². The number of hydrogen-bond donors (Lipinski definition) is 0. The van der Waals surface area contributed by atoms with Crippen LogP contribution in [-0.2, 0) is 11.3 Å². The van der Waals surface area contributed by atoms with Crippen LogP contribution in [0.25, 0.3) is 0 Å². The minimum Gasteiger partial charge on any atom is -0.338 e. The average molecular weight is 288 g/mol. The van der Waals surface area contributed by atoms with Gasteiger partial charge < -0.3 is 4.90 Å². The highest BCUT2D eigenvalue weighted by molar-refractivity contribution is 5.76. The summed E-state index contributed by atoms with van der Waals surface area (Å²) in [5.74, 6) is 0.191. The Bertz CT molecular complexity index is 550. The van der Waals surface area contributed by atoms with Crippen LogP contribution in [-0.4, -0.2) is 17.4 Å². The van der Waals surface area contributed by atoms with Crippen molar-refractivity contribution >= 4 is 5.91 Å². The highest BCUT2D eigenvalue weighted by Crippen LogP contribution is 2.24. The maximum absolute atomic E-state index is 14.1. The van der Waals surface area contributed by atoms with E-state index in [1.165, 1.54) is 6.07 Å². The van der Waals surface area contributed by atoms with Gasteiger partial charge in [0.25, 0.3) is 0 Å². The average Bonchev–Trinajstić information content (AvgIpc) is 2.65. The molecular formula is C17H21FN2O. The molecule has 1 amide bonds. The van der Waals surface area contributed by atoms with E-state index in [-0.39, 0.29) is 18.0 Å². The van der Waals surface area contributed by atoms with Gasteiger partial charge in [-0.15, -0.1) is 0 Å². The summed E-state index contributed by atoms with van der Waals surface area (Å²) in [4.78, 5) is 13.9. The van der Waals surface area contributed by atoms with E-state index < -0.39 is 5.82 Å². The van der Waals surface area contributed by atoms with Crippen LogP contribution in [0, 0.1) is 23.1 Å². The van der Waals surface area contributed by atoms with Gasteiger partial charge >= 0.3 is 0 Å². The number of likely N-dealkylation sites (tertiary alicyclic amines) is 1. The number of benzene rings is 1. The van der Waals surface area contributed by atoms with Gasteiger partial charge in [-0.2, -0.15) is 5.26 Å². The lowest BCUT2D eigenvalue weighted by Crippen LogP contribution is -2.30. The summed E-state index contributed by atoms with van der Waals surface area (Å²) in [6, 6.07) is 6.62. The molecular weight excluding hydrogens is 267 g/mol. The predicted octanol–water partition coefficient (Wildman–Crippen LogP) is 3.63. The minimum absolute atomic E-state index is 0.0404. The van der Waals surface area contributed by atoms with Gasteiger partial charge in [0.2, 0.25) is 5.91 Å². The Labute approximate surface area is 125 Å². The molecule has 1 atom stereocenters. The molecule has 1 saturated heterocycles. The molecule has 112 valence electrons. The van der Waals surface area contributed by atoms with Gasteiger partial charge in [-0.25, -0.2) is 4.39 Å². The predicted molar refractivity (Wildman–Crippen MR) is 78.8 cm³/mol. The van der Waals surface area contributed by atoms with Crippen LogP contribution in [0.1, 0.15) is 50.2 Å². The highest BCUT2D eigenvalue weighted by Gasteiger charge is 2.23. The summed E-state index contributed by atoms with van der Waals surface area (Å²) in [6.45, 7) is 3.10. The molecule has 1 aliphatic heterocycles. The third-order valence-corrected chi connectivity index (χ3v) is 4.18. The molecule has 1 heterocycles. The fourth-order valence-corrected chi connectivity index (χ4v) is 2.95. The quantitative estimate of drug-likeness (QED) is 0.849. The van der Waals surface area contributed by atoms with Crippen LogP contribution in [0.4, 0.5) is 4.39 Å². The molecule has 1 unspecified atom stereocenters. The smallest absolute Gasteiger partial charge is 0.222 e. The van der Waals surface area contributed by atoms with Gasteiger partial charge in [-0.05, 0) is 24.8 Å².